The maximum atomic E-state index is 13.9. The Bertz CT molecular complexity index is 919. The van der Waals surface area contributed by atoms with Crippen LogP contribution in [-0.4, -0.2) is 38.7 Å². The van der Waals surface area contributed by atoms with E-state index in [2.05, 4.69) is 15.3 Å². The molecular weight excluding hydrogens is 321 g/mol. The molecule has 120 valence electrons. The molecule has 0 bridgehead atoms. The molecule has 23 heavy (non-hydrogen) atoms. The fourth-order valence-electron chi connectivity index (χ4n) is 2.20. The number of aromatic nitrogens is 5. The molecule has 0 saturated carbocycles. The average molecular weight is 335 g/mol. The molecule has 0 fully saturated rings. The lowest BCUT2D eigenvalue weighted by molar-refractivity contribution is 0.565. The molecule has 0 aliphatic rings. The van der Waals surface area contributed by atoms with Gasteiger partial charge >= 0.3 is 0 Å². The van der Waals surface area contributed by atoms with Gasteiger partial charge in [-0.15, -0.1) is 10.2 Å². The van der Waals surface area contributed by atoms with Crippen LogP contribution in [0.4, 0.5) is 4.39 Å². The zero-order valence-corrected chi connectivity index (χ0v) is 13.1. The zero-order chi connectivity index (χ0) is 16.4. The van der Waals surface area contributed by atoms with Crippen molar-refractivity contribution in [2.45, 2.75) is 11.7 Å². The van der Waals surface area contributed by atoms with Gasteiger partial charge in [0.2, 0.25) is 15.0 Å². The molecule has 3 aromatic rings. The van der Waals surface area contributed by atoms with Gasteiger partial charge in [-0.2, -0.15) is 5.10 Å². The second-order valence-corrected chi connectivity index (χ2v) is 6.94. The van der Waals surface area contributed by atoms with Gasteiger partial charge in [-0.1, -0.05) is 12.1 Å². The largest absolute Gasteiger partial charge is 0.301 e. The van der Waals surface area contributed by atoms with Crippen molar-refractivity contribution in [3.05, 3.63) is 48.5 Å². The van der Waals surface area contributed by atoms with E-state index in [-0.39, 0.29) is 28.8 Å². The van der Waals surface area contributed by atoms with Crippen LogP contribution in [0.15, 0.2) is 47.9 Å². The summed E-state index contributed by atoms with van der Waals surface area (Å²) in [5, 5.41) is 11.3. The van der Waals surface area contributed by atoms with Crippen LogP contribution in [0.2, 0.25) is 0 Å². The smallest absolute Gasteiger partial charge is 0.249 e. The molecular formula is C14H14FN5O2S. The quantitative estimate of drug-likeness (QED) is 0.702. The molecule has 2 heterocycles. The van der Waals surface area contributed by atoms with Gasteiger partial charge in [0, 0.05) is 19.4 Å². The molecule has 7 nitrogen and oxygen atoms in total. The number of nitrogens with zero attached hydrogens (tertiary/aromatic N) is 5. The van der Waals surface area contributed by atoms with Crippen molar-refractivity contribution in [3.63, 3.8) is 0 Å². The number of rotatable bonds is 5. The van der Waals surface area contributed by atoms with Gasteiger partial charge in [0.15, 0.2) is 5.82 Å². The summed E-state index contributed by atoms with van der Waals surface area (Å²) in [4.78, 5) is 0. The van der Waals surface area contributed by atoms with Crippen LogP contribution >= 0.6 is 0 Å². The van der Waals surface area contributed by atoms with Crippen LogP contribution in [0.5, 0.6) is 0 Å². The molecule has 3 rings (SSSR count). The molecule has 0 atom stereocenters. The van der Waals surface area contributed by atoms with E-state index in [1.165, 1.54) is 28.4 Å². The summed E-state index contributed by atoms with van der Waals surface area (Å²) in [7, 11) is -2.16. The Kier molecular flexibility index (Phi) is 3.95. The summed E-state index contributed by atoms with van der Waals surface area (Å²) in [6.07, 6.45) is 3.25. The number of sulfone groups is 1. The minimum absolute atomic E-state index is 0.167. The SMILES string of the molecule is Cn1c(-c2ccccc2F)nnc1S(=O)(=O)CCn1cccn1. The second kappa shape index (κ2) is 5.92. The van der Waals surface area contributed by atoms with Gasteiger partial charge in [0.25, 0.3) is 0 Å². The highest BCUT2D eigenvalue weighted by molar-refractivity contribution is 7.91. The highest BCUT2D eigenvalue weighted by Gasteiger charge is 2.24. The zero-order valence-electron chi connectivity index (χ0n) is 12.3. The maximum Gasteiger partial charge on any atom is 0.249 e. The minimum Gasteiger partial charge on any atom is -0.301 e. The third-order valence-electron chi connectivity index (χ3n) is 3.38. The maximum absolute atomic E-state index is 13.9. The number of aryl methyl sites for hydroxylation is 1. The van der Waals surface area contributed by atoms with Crippen LogP contribution in [0.1, 0.15) is 0 Å². The standard InChI is InChI=1S/C14H14FN5O2S/c1-19-13(11-5-2-3-6-12(11)15)17-18-14(19)23(21,22)10-9-20-8-4-7-16-20/h2-8H,9-10H2,1H3. The Balaban J connectivity index is 1.90. The first-order chi connectivity index (χ1) is 11.0. The van der Waals surface area contributed by atoms with E-state index in [4.69, 9.17) is 0 Å². The van der Waals surface area contributed by atoms with E-state index in [0.717, 1.165) is 0 Å². The van der Waals surface area contributed by atoms with Crippen molar-refractivity contribution in [2.75, 3.05) is 5.75 Å². The normalized spacial score (nSPS) is 11.7. The number of halogens is 1. The van der Waals surface area contributed by atoms with Crippen molar-refractivity contribution < 1.29 is 12.8 Å². The van der Waals surface area contributed by atoms with Crippen LogP contribution in [-0.2, 0) is 23.4 Å². The van der Waals surface area contributed by atoms with Gasteiger partial charge in [-0.25, -0.2) is 12.8 Å². The fourth-order valence-corrected chi connectivity index (χ4v) is 3.48. The molecule has 9 heteroatoms. The number of hydrogen-bond donors (Lipinski definition) is 0. The molecule has 0 amide bonds. The van der Waals surface area contributed by atoms with Crippen molar-refractivity contribution in [1.82, 2.24) is 24.5 Å². The molecule has 2 aromatic heterocycles. The molecule has 0 aliphatic carbocycles. The summed E-state index contributed by atoms with van der Waals surface area (Å²) in [6.45, 7) is 0.206. The highest BCUT2D eigenvalue weighted by atomic mass is 32.2. The monoisotopic (exact) mass is 335 g/mol. The van der Waals surface area contributed by atoms with Crippen LogP contribution in [0.25, 0.3) is 11.4 Å². The molecule has 0 saturated heterocycles. The Morgan fingerprint density at radius 2 is 1.96 bits per heavy atom. The first-order valence-electron chi connectivity index (χ1n) is 6.83. The fraction of sp³-hybridized carbons (Fsp3) is 0.214. The van der Waals surface area contributed by atoms with Gasteiger partial charge in [-0.3, -0.25) is 4.68 Å². The summed E-state index contributed by atoms with van der Waals surface area (Å²) < 4.78 is 41.5. The van der Waals surface area contributed by atoms with E-state index >= 15 is 0 Å². The van der Waals surface area contributed by atoms with Crippen molar-refractivity contribution in [1.29, 1.82) is 0 Å². The predicted octanol–water partition coefficient (Wildman–Crippen LogP) is 1.29. The van der Waals surface area contributed by atoms with Gasteiger partial charge in [0.1, 0.15) is 5.82 Å². The molecule has 1 aromatic carbocycles. The molecule has 0 N–H and O–H groups in total. The Hall–Kier alpha value is -2.55. The topological polar surface area (TPSA) is 82.7 Å². The predicted molar refractivity (Wildman–Crippen MR) is 80.7 cm³/mol. The van der Waals surface area contributed by atoms with Crippen LogP contribution < -0.4 is 0 Å². The summed E-state index contributed by atoms with van der Waals surface area (Å²) in [5.41, 5.74) is 0.205. The Morgan fingerprint density at radius 1 is 1.17 bits per heavy atom. The lowest BCUT2D eigenvalue weighted by Crippen LogP contribution is -2.17. The average Bonchev–Trinajstić information content (AvgIpc) is 3.16. The van der Waals surface area contributed by atoms with E-state index in [1.54, 1.807) is 30.6 Å². The Morgan fingerprint density at radius 3 is 2.65 bits per heavy atom. The number of benzene rings is 1. The van der Waals surface area contributed by atoms with E-state index in [0.29, 0.717) is 0 Å². The van der Waals surface area contributed by atoms with Crippen LogP contribution in [0, 0.1) is 5.82 Å². The highest BCUT2D eigenvalue weighted by Crippen LogP contribution is 2.22. The summed E-state index contributed by atoms with van der Waals surface area (Å²) >= 11 is 0. The van der Waals surface area contributed by atoms with Gasteiger partial charge in [-0.05, 0) is 18.2 Å². The summed E-state index contributed by atoms with van der Waals surface area (Å²) in [6, 6.07) is 7.73. The third-order valence-corrected chi connectivity index (χ3v) is 5.01. The molecule has 0 spiro atoms. The molecule has 0 unspecified atom stereocenters. The first-order valence-corrected chi connectivity index (χ1v) is 8.49. The van der Waals surface area contributed by atoms with Crippen molar-refractivity contribution in [3.8, 4) is 11.4 Å². The lowest BCUT2D eigenvalue weighted by atomic mass is 10.2. The van der Waals surface area contributed by atoms with Gasteiger partial charge in [0.05, 0.1) is 17.9 Å². The van der Waals surface area contributed by atoms with E-state index in [9.17, 15) is 12.8 Å². The lowest BCUT2D eigenvalue weighted by Gasteiger charge is -2.06. The number of hydrogen-bond acceptors (Lipinski definition) is 5. The van der Waals surface area contributed by atoms with Crippen molar-refractivity contribution >= 4 is 9.84 Å². The van der Waals surface area contributed by atoms with Crippen LogP contribution in [0.3, 0.4) is 0 Å². The second-order valence-electron chi connectivity index (χ2n) is 4.93. The van der Waals surface area contributed by atoms with Crippen molar-refractivity contribution in [2.24, 2.45) is 7.05 Å². The van der Waals surface area contributed by atoms with E-state index < -0.39 is 15.7 Å². The molecule has 0 radical (unpaired) electrons. The Labute approximate surface area is 132 Å². The molecule has 0 aliphatic heterocycles. The van der Waals surface area contributed by atoms with Gasteiger partial charge < -0.3 is 4.57 Å². The first kappa shape index (κ1) is 15.3. The third kappa shape index (κ3) is 3.00. The summed E-state index contributed by atoms with van der Waals surface area (Å²) in [5.74, 6) is -0.484. The minimum atomic E-state index is -3.66. The van der Waals surface area contributed by atoms with E-state index in [1.807, 2.05) is 0 Å².